The minimum absolute atomic E-state index is 0.0663. The van der Waals surface area contributed by atoms with Crippen LogP contribution in [0.2, 0.25) is 0 Å². The molecule has 0 bridgehead atoms. The van der Waals surface area contributed by atoms with Gasteiger partial charge in [0, 0.05) is 0 Å². The molecule has 0 aliphatic carbocycles. The number of amides is 1. The van der Waals surface area contributed by atoms with Crippen LogP contribution < -0.4 is 8.77 Å². The van der Waals surface area contributed by atoms with Gasteiger partial charge in [-0.1, -0.05) is 0 Å². The third-order valence-electron chi connectivity index (χ3n) is 3.81. The Hall–Kier alpha value is -2.30. The van der Waals surface area contributed by atoms with Crippen LogP contribution in [0.5, 0.6) is 0 Å². The fourth-order valence-corrected chi connectivity index (χ4v) is 2.85. The summed E-state index contributed by atoms with van der Waals surface area (Å²) in [7, 11) is 0. The van der Waals surface area contributed by atoms with E-state index in [1.165, 1.54) is 37.5 Å². The number of hydrogen-bond acceptors (Lipinski definition) is 1. The van der Waals surface area contributed by atoms with Crippen LogP contribution in [-0.4, -0.2) is 5.91 Å². The van der Waals surface area contributed by atoms with Gasteiger partial charge in [0.2, 0.25) is 0 Å². The van der Waals surface area contributed by atoms with Crippen molar-refractivity contribution in [2.45, 2.75) is 6.54 Å². The summed E-state index contributed by atoms with van der Waals surface area (Å²) < 4.78 is 28.2. The Morgan fingerprint density at radius 3 is 2.12 bits per heavy atom. The normalized spacial score (nSPS) is 10.4. The molecule has 0 aromatic heterocycles. The Morgan fingerprint density at radius 2 is 1.48 bits per heavy atom. The molecule has 3 aromatic carbocycles. The Morgan fingerprint density at radius 1 is 0.880 bits per heavy atom. The molecule has 0 spiro atoms. The van der Waals surface area contributed by atoms with Gasteiger partial charge in [-0.3, -0.25) is 0 Å². The quantitative estimate of drug-likeness (QED) is 0.637. The second-order valence-electron chi connectivity index (χ2n) is 5.50. The van der Waals surface area contributed by atoms with Gasteiger partial charge in [0.25, 0.3) is 0 Å². The van der Waals surface area contributed by atoms with E-state index in [2.05, 4.69) is 0 Å². The van der Waals surface area contributed by atoms with E-state index < -0.39 is 11.6 Å². The van der Waals surface area contributed by atoms with Gasteiger partial charge in [-0.15, -0.1) is 0 Å². The molecule has 123 valence electrons. The van der Waals surface area contributed by atoms with Crippen LogP contribution in [0.1, 0.15) is 15.9 Å². The van der Waals surface area contributed by atoms with E-state index in [9.17, 15) is 13.6 Å². The SMILES string of the molecule is O=C(c1ccccc1)N(Cc1ccccc1)c1ccc(F)[c]([Ti])c1F. The summed E-state index contributed by atoms with van der Waals surface area (Å²) in [5, 5.41) is 0. The van der Waals surface area contributed by atoms with Crippen molar-refractivity contribution in [1.82, 2.24) is 0 Å². The molecule has 25 heavy (non-hydrogen) atoms. The van der Waals surface area contributed by atoms with Crippen LogP contribution >= 0.6 is 0 Å². The van der Waals surface area contributed by atoms with E-state index in [0.29, 0.717) is 5.56 Å². The molecule has 0 aliphatic rings. The number of hydrogen-bond donors (Lipinski definition) is 0. The Kier molecular flexibility index (Phi) is 5.42. The summed E-state index contributed by atoms with van der Waals surface area (Å²) in [6, 6.07) is 20.4. The molecule has 0 saturated carbocycles. The average molecular weight is 370 g/mol. The van der Waals surface area contributed by atoms with Crippen molar-refractivity contribution in [2.75, 3.05) is 4.90 Å². The Labute approximate surface area is 156 Å². The van der Waals surface area contributed by atoms with E-state index >= 15 is 0 Å². The average Bonchev–Trinajstić information content (AvgIpc) is 2.66. The molecule has 3 rings (SSSR count). The molecule has 0 heterocycles. The van der Waals surface area contributed by atoms with Gasteiger partial charge >= 0.3 is 156 Å². The van der Waals surface area contributed by atoms with Crippen molar-refractivity contribution in [3.63, 3.8) is 0 Å². The van der Waals surface area contributed by atoms with Gasteiger partial charge in [-0.05, 0) is 0 Å². The second kappa shape index (κ2) is 7.73. The first kappa shape index (κ1) is 17.5. The number of carbonyl (C=O) groups is 1. The monoisotopic (exact) mass is 370 g/mol. The van der Waals surface area contributed by atoms with Crippen LogP contribution in [0.4, 0.5) is 14.5 Å². The molecule has 0 saturated heterocycles. The molecule has 0 aliphatic heterocycles. The van der Waals surface area contributed by atoms with Gasteiger partial charge in [0.05, 0.1) is 0 Å². The third kappa shape index (κ3) is 3.86. The molecule has 3 aromatic rings. The third-order valence-corrected chi connectivity index (χ3v) is 4.53. The first-order valence-corrected chi connectivity index (χ1v) is 8.46. The number of benzene rings is 3. The van der Waals surface area contributed by atoms with E-state index in [0.717, 1.165) is 5.56 Å². The second-order valence-corrected chi connectivity index (χ2v) is 6.28. The van der Waals surface area contributed by atoms with Crippen molar-refractivity contribution >= 4 is 15.5 Å². The first-order chi connectivity index (χ1) is 12.1. The molecule has 0 N–H and O–H groups in total. The summed E-state index contributed by atoms with van der Waals surface area (Å²) in [5.74, 6) is -1.69. The first-order valence-electron chi connectivity index (χ1n) is 7.68. The molecule has 0 atom stereocenters. The van der Waals surface area contributed by atoms with Gasteiger partial charge in [-0.2, -0.15) is 0 Å². The minimum atomic E-state index is -0.722. The van der Waals surface area contributed by atoms with Gasteiger partial charge in [0.1, 0.15) is 0 Å². The predicted octanol–water partition coefficient (Wildman–Crippen LogP) is 3.98. The fourth-order valence-electron chi connectivity index (χ4n) is 2.52. The van der Waals surface area contributed by atoms with Crippen LogP contribution in [-0.2, 0) is 27.0 Å². The van der Waals surface area contributed by atoms with E-state index in [4.69, 9.17) is 0 Å². The van der Waals surface area contributed by atoms with E-state index in [-0.39, 0.29) is 22.0 Å². The topological polar surface area (TPSA) is 20.3 Å². The summed E-state index contributed by atoms with van der Waals surface area (Å²) in [4.78, 5) is 14.3. The summed E-state index contributed by atoms with van der Waals surface area (Å²) >= 11 is 1.36. The fraction of sp³-hybridized carbons (Fsp3) is 0.0500. The van der Waals surface area contributed by atoms with Crippen molar-refractivity contribution in [3.8, 4) is 0 Å². The summed E-state index contributed by atoms with van der Waals surface area (Å²) in [5.41, 5.74) is 1.37. The maximum atomic E-state index is 14.7. The molecule has 0 fully saturated rings. The van der Waals surface area contributed by atoms with Gasteiger partial charge < -0.3 is 0 Å². The van der Waals surface area contributed by atoms with E-state index in [1.807, 2.05) is 30.3 Å². The van der Waals surface area contributed by atoms with Crippen LogP contribution in [0, 0.1) is 11.6 Å². The zero-order valence-corrected chi connectivity index (χ0v) is 14.8. The number of rotatable bonds is 4. The van der Waals surface area contributed by atoms with Gasteiger partial charge in [0.15, 0.2) is 0 Å². The molecule has 1 amide bonds. The zero-order valence-electron chi connectivity index (χ0n) is 13.2. The van der Waals surface area contributed by atoms with Gasteiger partial charge in [-0.25, -0.2) is 0 Å². The van der Waals surface area contributed by atoms with Crippen LogP contribution in [0.3, 0.4) is 0 Å². The van der Waals surface area contributed by atoms with Crippen molar-refractivity contribution in [1.29, 1.82) is 0 Å². The van der Waals surface area contributed by atoms with Crippen molar-refractivity contribution < 1.29 is 34.0 Å². The van der Waals surface area contributed by atoms with Crippen LogP contribution in [0.15, 0.2) is 72.8 Å². The number of anilines is 1. The number of halogens is 2. The molecule has 0 unspecified atom stereocenters. The summed E-state index contributed by atoms with van der Waals surface area (Å²) in [6.07, 6.45) is 0. The number of nitrogens with zero attached hydrogens (tertiary/aromatic N) is 1. The molecular formula is C20H14F2NOTi. The standard InChI is InChI=1S/C20H14F2NO.Ti/c21-17-11-12-19(18(22)13-17)23(14-15-7-3-1-4-8-15)20(24)16-9-5-2-6-10-16;/h1-12H,14H2;. The zero-order chi connectivity index (χ0) is 17.8. The predicted molar refractivity (Wildman–Crippen MR) is 89.4 cm³/mol. The van der Waals surface area contributed by atoms with E-state index in [1.54, 1.807) is 30.3 Å². The van der Waals surface area contributed by atoms with Crippen LogP contribution in [0.25, 0.3) is 0 Å². The maximum absolute atomic E-state index is 14.7. The molecule has 0 radical (unpaired) electrons. The van der Waals surface area contributed by atoms with Crippen molar-refractivity contribution in [2.24, 2.45) is 0 Å². The molecule has 2 nitrogen and oxygen atoms in total. The Bertz CT molecular complexity index is 885. The van der Waals surface area contributed by atoms with Crippen molar-refractivity contribution in [3.05, 3.63) is 95.6 Å². The number of carbonyl (C=O) groups excluding carboxylic acids is 1. The molecular weight excluding hydrogens is 356 g/mol. The Balaban J connectivity index is 2.06. The molecule has 5 heteroatoms. The summed E-state index contributed by atoms with van der Waals surface area (Å²) in [6.45, 7) is 0.191.